The molecule has 2 rings (SSSR count). The van der Waals surface area contributed by atoms with Gasteiger partial charge in [-0.3, -0.25) is 4.79 Å². The third-order valence-corrected chi connectivity index (χ3v) is 3.38. The Hall–Kier alpha value is -2.80. The Bertz CT molecular complexity index is 704. The third-order valence-electron chi connectivity index (χ3n) is 3.38. The second-order valence-electron chi connectivity index (χ2n) is 4.82. The van der Waals surface area contributed by atoms with Gasteiger partial charge in [0, 0.05) is 12.2 Å². The molecule has 0 heterocycles. The van der Waals surface area contributed by atoms with Crippen LogP contribution in [0.1, 0.15) is 18.1 Å². The summed E-state index contributed by atoms with van der Waals surface area (Å²) in [6.07, 6.45) is 0. The van der Waals surface area contributed by atoms with Gasteiger partial charge in [-0.25, -0.2) is 0 Å². The number of nitriles is 1. The lowest BCUT2D eigenvalue weighted by Crippen LogP contribution is -2.35. The lowest BCUT2D eigenvalue weighted by Gasteiger charge is -2.23. The highest BCUT2D eigenvalue weighted by Crippen LogP contribution is 2.20. The average molecular weight is 294 g/mol. The Morgan fingerprint density at radius 2 is 1.86 bits per heavy atom. The Balaban J connectivity index is 2.11. The molecule has 0 aliphatic carbocycles. The first-order valence-electron chi connectivity index (χ1n) is 7.15. The number of para-hydroxylation sites is 2. The smallest absolute Gasteiger partial charge is 0.264 e. The van der Waals surface area contributed by atoms with E-state index < -0.39 is 0 Å². The summed E-state index contributed by atoms with van der Waals surface area (Å²) in [4.78, 5) is 14.1. The van der Waals surface area contributed by atoms with Gasteiger partial charge in [0.1, 0.15) is 11.8 Å². The van der Waals surface area contributed by atoms with Crippen LogP contribution < -0.4 is 9.64 Å². The first-order valence-corrected chi connectivity index (χ1v) is 7.15. The second-order valence-corrected chi connectivity index (χ2v) is 4.82. The number of aryl methyl sites for hydroxylation is 1. The summed E-state index contributed by atoms with van der Waals surface area (Å²) >= 11 is 0. The quantitative estimate of drug-likeness (QED) is 0.850. The van der Waals surface area contributed by atoms with Gasteiger partial charge in [0.15, 0.2) is 6.61 Å². The number of benzene rings is 2. The molecular weight excluding hydrogens is 276 g/mol. The highest BCUT2D eigenvalue weighted by molar-refractivity contribution is 5.95. The van der Waals surface area contributed by atoms with E-state index in [9.17, 15) is 4.79 Å². The van der Waals surface area contributed by atoms with E-state index in [4.69, 9.17) is 10.00 Å². The highest BCUT2D eigenvalue weighted by Gasteiger charge is 2.16. The second kappa shape index (κ2) is 7.28. The first kappa shape index (κ1) is 15.6. The average Bonchev–Trinajstić information content (AvgIpc) is 2.55. The maximum absolute atomic E-state index is 12.4. The van der Waals surface area contributed by atoms with E-state index in [1.54, 1.807) is 29.2 Å². The van der Waals surface area contributed by atoms with Gasteiger partial charge in [-0.15, -0.1) is 0 Å². The number of ether oxygens (including phenoxy) is 1. The third kappa shape index (κ3) is 3.44. The normalized spacial score (nSPS) is 9.86. The minimum Gasteiger partial charge on any atom is -0.482 e. The number of rotatable bonds is 5. The summed E-state index contributed by atoms with van der Waals surface area (Å²) in [7, 11) is 0. The standard InChI is InChI=1S/C18H18N2O2/c1-3-20(16-10-6-4-8-14(16)2)18(21)13-22-17-11-7-5-9-15(17)12-19/h4-11H,3,13H2,1-2H3. The van der Waals surface area contributed by atoms with Crippen molar-refractivity contribution in [3.8, 4) is 11.8 Å². The van der Waals surface area contributed by atoms with Crippen molar-refractivity contribution in [2.24, 2.45) is 0 Å². The molecular formula is C18H18N2O2. The van der Waals surface area contributed by atoms with E-state index in [2.05, 4.69) is 6.07 Å². The van der Waals surface area contributed by atoms with Crippen molar-refractivity contribution < 1.29 is 9.53 Å². The molecule has 0 aliphatic rings. The maximum atomic E-state index is 12.4. The molecule has 4 nitrogen and oxygen atoms in total. The Labute approximate surface area is 130 Å². The molecule has 0 saturated carbocycles. The van der Waals surface area contributed by atoms with Crippen molar-refractivity contribution in [1.82, 2.24) is 0 Å². The van der Waals surface area contributed by atoms with E-state index in [0.717, 1.165) is 11.3 Å². The topological polar surface area (TPSA) is 53.3 Å². The summed E-state index contributed by atoms with van der Waals surface area (Å²) < 4.78 is 5.52. The van der Waals surface area contributed by atoms with Gasteiger partial charge in [-0.2, -0.15) is 5.26 Å². The zero-order valence-electron chi connectivity index (χ0n) is 12.7. The molecule has 4 heteroatoms. The summed E-state index contributed by atoms with van der Waals surface area (Å²) in [6.45, 7) is 4.36. The first-order chi connectivity index (χ1) is 10.7. The molecule has 0 unspecified atom stereocenters. The van der Waals surface area contributed by atoms with Crippen molar-refractivity contribution in [2.75, 3.05) is 18.1 Å². The number of anilines is 1. The number of carbonyl (C=O) groups is 1. The molecule has 2 aromatic carbocycles. The van der Waals surface area contributed by atoms with Crippen LogP contribution in [0.5, 0.6) is 5.75 Å². The monoisotopic (exact) mass is 294 g/mol. The Kier molecular flexibility index (Phi) is 5.16. The fourth-order valence-electron chi connectivity index (χ4n) is 2.25. The minimum atomic E-state index is -0.135. The summed E-state index contributed by atoms with van der Waals surface area (Å²) in [5, 5.41) is 9.03. The molecule has 0 aliphatic heterocycles. The number of hydrogen-bond donors (Lipinski definition) is 0. The molecule has 0 atom stereocenters. The van der Waals surface area contributed by atoms with Crippen LogP contribution in [0.4, 0.5) is 5.69 Å². The lowest BCUT2D eigenvalue weighted by atomic mass is 10.2. The molecule has 0 N–H and O–H groups in total. The molecule has 112 valence electrons. The lowest BCUT2D eigenvalue weighted by molar-refractivity contribution is -0.120. The Morgan fingerprint density at radius 3 is 2.55 bits per heavy atom. The highest BCUT2D eigenvalue weighted by atomic mass is 16.5. The van der Waals surface area contributed by atoms with Crippen LogP contribution in [-0.4, -0.2) is 19.1 Å². The van der Waals surface area contributed by atoms with E-state index in [1.165, 1.54) is 0 Å². The van der Waals surface area contributed by atoms with Gasteiger partial charge in [-0.1, -0.05) is 30.3 Å². The summed E-state index contributed by atoms with van der Waals surface area (Å²) in [5.74, 6) is 0.295. The minimum absolute atomic E-state index is 0.0964. The fraction of sp³-hybridized carbons (Fsp3) is 0.222. The van der Waals surface area contributed by atoms with Gasteiger partial charge < -0.3 is 9.64 Å². The molecule has 22 heavy (non-hydrogen) atoms. The predicted octanol–water partition coefficient (Wildman–Crippen LogP) is 3.30. The van der Waals surface area contributed by atoms with E-state index in [0.29, 0.717) is 17.9 Å². The van der Waals surface area contributed by atoms with Crippen molar-refractivity contribution in [3.63, 3.8) is 0 Å². The van der Waals surface area contributed by atoms with Gasteiger partial charge in [0.05, 0.1) is 5.56 Å². The van der Waals surface area contributed by atoms with Gasteiger partial charge >= 0.3 is 0 Å². The molecule has 0 spiro atoms. The summed E-state index contributed by atoms with van der Waals surface area (Å²) in [6, 6.07) is 16.7. The SMILES string of the molecule is CCN(C(=O)COc1ccccc1C#N)c1ccccc1C. The van der Waals surface area contributed by atoms with Crippen LogP contribution in [0.25, 0.3) is 0 Å². The summed E-state index contributed by atoms with van der Waals surface area (Å²) in [5.41, 5.74) is 2.34. The van der Waals surface area contributed by atoms with Crippen LogP contribution in [0.3, 0.4) is 0 Å². The zero-order valence-corrected chi connectivity index (χ0v) is 12.7. The molecule has 0 radical (unpaired) electrons. The number of amides is 1. The Morgan fingerprint density at radius 1 is 1.18 bits per heavy atom. The van der Waals surface area contributed by atoms with E-state index in [1.807, 2.05) is 38.1 Å². The molecule has 0 saturated heterocycles. The maximum Gasteiger partial charge on any atom is 0.264 e. The van der Waals surface area contributed by atoms with Crippen molar-refractivity contribution >= 4 is 11.6 Å². The van der Waals surface area contributed by atoms with Crippen LogP contribution in [0, 0.1) is 18.3 Å². The van der Waals surface area contributed by atoms with Crippen molar-refractivity contribution in [3.05, 3.63) is 59.7 Å². The van der Waals surface area contributed by atoms with Crippen molar-refractivity contribution in [1.29, 1.82) is 5.26 Å². The van der Waals surface area contributed by atoms with E-state index in [-0.39, 0.29) is 12.5 Å². The molecule has 2 aromatic rings. The van der Waals surface area contributed by atoms with Gasteiger partial charge in [0.2, 0.25) is 0 Å². The number of carbonyl (C=O) groups excluding carboxylic acids is 1. The largest absolute Gasteiger partial charge is 0.482 e. The number of nitrogens with zero attached hydrogens (tertiary/aromatic N) is 2. The van der Waals surface area contributed by atoms with Gasteiger partial charge in [0.25, 0.3) is 5.91 Å². The molecule has 0 fully saturated rings. The number of likely N-dealkylation sites (N-methyl/N-ethyl adjacent to an activating group) is 1. The number of hydrogen-bond acceptors (Lipinski definition) is 3. The molecule has 0 bridgehead atoms. The van der Waals surface area contributed by atoms with Crippen LogP contribution in [0.2, 0.25) is 0 Å². The predicted molar refractivity (Wildman–Crippen MR) is 85.9 cm³/mol. The van der Waals surface area contributed by atoms with Crippen LogP contribution >= 0.6 is 0 Å². The van der Waals surface area contributed by atoms with Crippen molar-refractivity contribution in [2.45, 2.75) is 13.8 Å². The molecule has 0 aromatic heterocycles. The molecule has 1 amide bonds. The van der Waals surface area contributed by atoms with Crippen LogP contribution in [0.15, 0.2) is 48.5 Å². The van der Waals surface area contributed by atoms with Gasteiger partial charge in [-0.05, 0) is 37.6 Å². The van der Waals surface area contributed by atoms with Crippen LogP contribution in [-0.2, 0) is 4.79 Å². The van der Waals surface area contributed by atoms with E-state index >= 15 is 0 Å². The zero-order chi connectivity index (χ0) is 15.9. The fourth-order valence-corrected chi connectivity index (χ4v) is 2.25.